The second-order valence-corrected chi connectivity index (χ2v) is 9.51. The summed E-state index contributed by atoms with van der Waals surface area (Å²) < 4.78 is 26.1. The summed E-state index contributed by atoms with van der Waals surface area (Å²) in [6.07, 6.45) is 2.55. The van der Waals surface area contributed by atoms with Gasteiger partial charge in [-0.1, -0.05) is 38.1 Å². The highest BCUT2D eigenvalue weighted by Gasteiger charge is 2.24. The molecule has 4 aromatic rings. The average molecular weight is 480 g/mol. The van der Waals surface area contributed by atoms with Crippen LogP contribution in [0, 0.1) is 5.82 Å². The lowest BCUT2D eigenvalue weighted by Gasteiger charge is -2.12. The first-order valence-corrected chi connectivity index (χ1v) is 11.4. The molecule has 1 saturated heterocycles. The van der Waals surface area contributed by atoms with Gasteiger partial charge < -0.3 is 19.9 Å². The van der Waals surface area contributed by atoms with Crippen molar-refractivity contribution >= 4 is 16.9 Å². The van der Waals surface area contributed by atoms with Gasteiger partial charge in [-0.05, 0) is 36.2 Å². The Morgan fingerprint density at radius 3 is 2.89 bits per heavy atom. The van der Waals surface area contributed by atoms with E-state index in [1.165, 1.54) is 6.07 Å². The average Bonchev–Trinajstić information content (AvgIpc) is 3.59. The van der Waals surface area contributed by atoms with Crippen molar-refractivity contribution in [2.75, 3.05) is 13.1 Å². The number of carbonyl (C=O) groups excluding carboxylic acids is 1. The van der Waals surface area contributed by atoms with Gasteiger partial charge in [-0.25, -0.2) is 9.37 Å². The molecule has 1 atom stereocenters. The van der Waals surface area contributed by atoms with E-state index < -0.39 is 11.7 Å². The summed E-state index contributed by atoms with van der Waals surface area (Å²) in [6.45, 7) is 7.36. The molecule has 1 aliphatic rings. The second kappa shape index (κ2) is 9.06. The zero-order valence-corrected chi connectivity index (χ0v) is 19.7. The summed E-state index contributed by atoms with van der Waals surface area (Å²) in [6, 6.07) is 6.65. The van der Waals surface area contributed by atoms with Crippen LogP contribution in [0.4, 0.5) is 4.39 Å². The zero-order chi connectivity index (χ0) is 24.6. The van der Waals surface area contributed by atoms with E-state index in [1.54, 1.807) is 24.4 Å². The van der Waals surface area contributed by atoms with Crippen molar-refractivity contribution in [3.8, 4) is 17.0 Å². The number of ether oxygens (including phenoxy) is 1. The number of nitrogens with one attached hydrogen (secondary N) is 3. The van der Waals surface area contributed by atoms with E-state index in [-0.39, 0.29) is 24.0 Å². The molecule has 1 amide bonds. The SMILES string of the molecule is CC(C)(C)c1noc(C(=O)NCc2ccc(-c3ccnc4[nH]nc(O[C@H]5CCNC5)c34)cc2F)n1. The molecule has 1 fully saturated rings. The molecule has 10 nitrogen and oxygen atoms in total. The van der Waals surface area contributed by atoms with Crippen LogP contribution < -0.4 is 15.4 Å². The fraction of sp³-hybridized carbons (Fsp3) is 0.375. The lowest BCUT2D eigenvalue weighted by Crippen LogP contribution is -2.24. The largest absolute Gasteiger partial charge is 0.471 e. The van der Waals surface area contributed by atoms with Crippen molar-refractivity contribution in [2.45, 2.75) is 45.3 Å². The zero-order valence-electron chi connectivity index (χ0n) is 19.7. The first-order valence-electron chi connectivity index (χ1n) is 11.4. The van der Waals surface area contributed by atoms with Crippen molar-refractivity contribution < 1.29 is 18.4 Å². The molecule has 182 valence electrons. The molecule has 3 N–H and O–H groups in total. The van der Waals surface area contributed by atoms with Crippen LogP contribution in [0.15, 0.2) is 35.0 Å². The van der Waals surface area contributed by atoms with E-state index in [0.717, 1.165) is 25.1 Å². The third-order valence-electron chi connectivity index (χ3n) is 5.82. The molecule has 1 aliphatic heterocycles. The van der Waals surface area contributed by atoms with Gasteiger partial charge in [0.15, 0.2) is 11.5 Å². The third kappa shape index (κ3) is 4.72. The Labute approximate surface area is 200 Å². The van der Waals surface area contributed by atoms with Crippen LogP contribution in [-0.2, 0) is 12.0 Å². The van der Waals surface area contributed by atoms with E-state index in [1.807, 2.05) is 20.8 Å². The molecule has 3 aromatic heterocycles. The van der Waals surface area contributed by atoms with Crippen LogP contribution in [0.3, 0.4) is 0 Å². The van der Waals surface area contributed by atoms with Gasteiger partial charge in [0.2, 0.25) is 5.88 Å². The van der Waals surface area contributed by atoms with Crippen molar-refractivity contribution in [1.29, 1.82) is 0 Å². The first kappa shape index (κ1) is 22.9. The number of pyridine rings is 1. The summed E-state index contributed by atoms with van der Waals surface area (Å²) in [5.41, 5.74) is 1.93. The van der Waals surface area contributed by atoms with E-state index in [0.29, 0.717) is 33.9 Å². The Kier molecular flexibility index (Phi) is 5.93. The minimum atomic E-state index is -0.561. The van der Waals surface area contributed by atoms with E-state index in [9.17, 15) is 4.79 Å². The fourth-order valence-corrected chi connectivity index (χ4v) is 3.86. The maximum atomic E-state index is 15.0. The Balaban J connectivity index is 1.34. The van der Waals surface area contributed by atoms with Gasteiger partial charge in [0.05, 0.1) is 5.39 Å². The first-order chi connectivity index (χ1) is 16.8. The van der Waals surface area contributed by atoms with Crippen molar-refractivity contribution in [1.82, 2.24) is 36.0 Å². The summed E-state index contributed by atoms with van der Waals surface area (Å²) in [5, 5.41) is 17.6. The molecular formula is C24H26FN7O3. The number of fused-ring (bicyclic) bond motifs is 1. The lowest BCUT2D eigenvalue weighted by atomic mass is 9.96. The topological polar surface area (TPSA) is 131 Å². The number of rotatable bonds is 6. The smallest absolute Gasteiger partial charge is 0.315 e. The monoisotopic (exact) mass is 479 g/mol. The van der Waals surface area contributed by atoms with E-state index in [4.69, 9.17) is 9.26 Å². The maximum Gasteiger partial charge on any atom is 0.315 e. The number of aromatic nitrogens is 5. The molecule has 4 heterocycles. The molecule has 35 heavy (non-hydrogen) atoms. The summed E-state index contributed by atoms with van der Waals surface area (Å²) >= 11 is 0. The number of amides is 1. The predicted octanol–water partition coefficient (Wildman–Crippen LogP) is 3.12. The molecule has 0 aliphatic carbocycles. The molecule has 0 spiro atoms. The number of H-pyrrole nitrogens is 1. The van der Waals surface area contributed by atoms with Gasteiger partial charge in [0.1, 0.15) is 11.9 Å². The number of halogens is 1. The Morgan fingerprint density at radius 1 is 1.31 bits per heavy atom. The molecule has 5 rings (SSSR count). The number of hydrogen-bond donors (Lipinski definition) is 3. The quantitative estimate of drug-likeness (QED) is 0.385. The normalized spacial score (nSPS) is 16.1. The molecule has 0 saturated carbocycles. The number of hydrogen-bond acceptors (Lipinski definition) is 8. The fourth-order valence-electron chi connectivity index (χ4n) is 3.86. The van der Waals surface area contributed by atoms with Gasteiger partial charge in [-0.2, -0.15) is 4.98 Å². The number of benzene rings is 1. The molecular weight excluding hydrogens is 453 g/mol. The van der Waals surface area contributed by atoms with Gasteiger partial charge in [-0.15, -0.1) is 5.10 Å². The highest BCUT2D eigenvalue weighted by Crippen LogP contribution is 2.34. The number of nitrogens with zero attached hydrogens (tertiary/aromatic N) is 4. The van der Waals surface area contributed by atoms with Crippen molar-refractivity contribution in [3.63, 3.8) is 0 Å². The minimum Gasteiger partial charge on any atom is -0.471 e. The predicted molar refractivity (Wildman–Crippen MR) is 125 cm³/mol. The van der Waals surface area contributed by atoms with Crippen LogP contribution in [0.5, 0.6) is 5.88 Å². The van der Waals surface area contributed by atoms with E-state index in [2.05, 4.69) is 36.0 Å². The summed E-state index contributed by atoms with van der Waals surface area (Å²) in [5.74, 6) is -0.305. The van der Waals surface area contributed by atoms with Crippen LogP contribution in [0.25, 0.3) is 22.2 Å². The van der Waals surface area contributed by atoms with Gasteiger partial charge in [0, 0.05) is 30.3 Å². The molecule has 0 unspecified atom stereocenters. The minimum absolute atomic E-state index is 0.0237. The van der Waals surface area contributed by atoms with Crippen LogP contribution in [-0.4, -0.2) is 50.4 Å². The third-order valence-corrected chi connectivity index (χ3v) is 5.82. The second-order valence-electron chi connectivity index (χ2n) is 9.51. The Bertz CT molecular complexity index is 1370. The van der Waals surface area contributed by atoms with Gasteiger partial charge >= 0.3 is 11.8 Å². The van der Waals surface area contributed by atoms with Crippen molar-refractivity contribution in [3.05, 3.63) is 53.6 Å². The van der Waals surface area contributed by atoms with Crippen LogP contribution in [0.1, 0.15) is 49.3 Å². The summed E-state index contributed by atoms with van der Waals surface area (Å²) in [7, 11) is 0. The van der Waals surface area contributed by atoms with Crippen LogP contribution >= 0.6 is 0 Å². The lowest BCUT2D eigenvalue weighted by molar-refractivity contribution is 0.0906. The Morgan fingerprint density at radius 2 is 2.17 bits per heavy atom. The van der Waals surface area contributed by atoms with Crippen molar-refractivity contribution in [2.24, 2.45) is 0 Å². The Hall–Kier alpha value is -3.86. The molecule has 0 bridgehead atoms. The van der Waals surface area contributed by atoms with Crippen LogP contribution in [0.2, 0.25) is 0 Å². The molecule has 0 radical (unpaired) electrons. The molecule has 1 aromatic carbocycles. The van der Waals surface area contributed by atoms with E-state index >= 15 is 4.39 Å². The number of carbonyl (C=O) groups is 1. The van der Waals surface area contributed by atoms with Gasteiger partial charge in [0.25, 0.3) is 0 Å². The maximum absolute atomic E-state index is 15.0. The highest BCUT2D eigenvalue weighted by atomic mass is 19.1. The van der Waals surface area contributed by atoms with Gasteiger partial charge in [-0.3, -0.25) is 9.89 Å². The standard InChI is InChI=1S/C24H26FN7O3/c1-24(2,3)23-29-22(35-32-23)20(33)28-11-14-5-4-13(10-17(14)25)16-7-9-27-19-18(16)21(31-30-19)34-15-6-8-26-12-15/h4-5,7,9-10,15,26H,6,8,11-12H2,1-3H3,(H,28,33)(H,27,30,31)/t15-/m0/s1. The number of aromatic amines is 1. The summed E-state index contributed by atoms with van der Waals surface area (Å²) in [4.78, 5) is 20.8. The highest BCUT2D eigenvalue weighted by molar-refractivity contribution is 5.96. The molecule has 11 heteroatoms.